The molecule has 0 radical (unpaired) electrons. The fraction of sp³-hybridized carbons (Fsp3) is 0.680. The van der Waals surface area contributed by atoms with Crippen molar-refractivity contribution >= 4 is 29.6 Å². The fourth-order valence-corrected chi connectivity index (χ4v) is 5.39. The molecule has 0 aromatic rings. The van der Waals surface area contributed by atoms with Crippen LogP contribution >= 0.6 is 0 Å². The van der Waals surface area contributed by atoms with Crippen molar-refractivity contribution < 1.29 is 41.9 Å². The molecular formula is C25H32F3N5O6. The second-order valence-corrected chi connectivity index (χ2v) is 11.3. The van der Waals surface area contributed by atoms with Gasteiger partial charge in [-0.25, -0.2) is 4.79 Å². The number of esters is 1. The van der Waals surface area contributed by atoms with Crippen molar-refractivity contribution in [1.82, 2.24) is 20.9 Å². The molecule has 3 N–H and O–H groups in total. The second kappa shape index (κ2) is 10.9. The lowest BCUT2D eigenvalue weighted by atomic mass is 9.83. The van der Waals surface area contributed by atoms with E-state index >= 15 is 0 Å². The minimum Gasteiger partial charge on any atom is -0.463 e. The summed E-state index contributed by atoms with van der Waals surface area (Å²) in [6, 6.07) is -3.45. The minimum absolute atomic E-state index is 0.0275. The van der Waals surface area contributed by atoms with E-state index in [1.165, 1.54) is 13.8 Å². The van der Waals surface area contributed by atoms with E-state index in [1.54, 1.807) is 19.2 Å². The molecule has 14 heteroatoms. The van der Waals surface area contributed by atoms with E-state index in [1.807, 2.05) is 6.07 Å². The molecule has 3 heterocycles. The number of nitrogens with one attached hydrogen (secondary N) is 3. The summed E-state index contributed by atoms with van der Waals surface area (Å²) < 4.78 is 45.0. The molecule has 3 fully saturated rings. The molecule has 11 nitrogen and oxygen atoms in total. The molecule has 0 spiro atoms. The van der Waals surface area contributed by atoms with Crippen LogP contribution in [0.5, 0.6) is 0 Å². The molecule has 3 rings (SSSR count). The molecule has 39 heavy (non-hydrogen) atoms. The van der Waals surface area contributed by atoms with Gasteiger partial charge in [-0.3, -0.25) is 19.2 Å². The molecule has 214 valence electrons. The molecule has 3 aliphatic heterocycles. The summed E-state index contributed by atoms with van der Waals surface area (Å²) >= 11 is 0. The molecule has 6 atom stereocenters. The molecule has 0 aromatic heterocycles. The molecule has 0 unspecified atom stereocenters. The van der Waals surface area contributed by atoms with Crippen molar-refractivity contribution in [3.05, 3.63) is 12.2 Å². The van der Waals surface area contributed by atoms with Crippen LogP contribution in [0.3, 0.4) is 0 Å². The number of nitrogens with zero attached hydrogens (tertiary/aromatic N) is 2. The maximum Gasteiger partial charge on any atom is 0.471 e. The van der Waals surface area contributed by atoms with Crippen LogP contribution < -0.4 is 16.0 Å². The summed E-state index contributed by atoms with van der Waals surface area (Å²) in [5, 5.41) is 16.4. The Labute approximate surface area is 223 Å². The summed E-state index contributed by atoms with van der Waals surface area (Å²) in [6.07, 6.45) is -5.46. The highest BCUT2D eigenvalue weighted by atomic mass is 19.4. The van der Waals surface area contributed by atoms with Gasteiger partial charge in [-0.2, -0.15) is 18.4 Å². The average molecular weight is 556 g/mol. The molecule has 4 amide bonds. The topological polar surface area (TPSA) is 158 Å². The minimum atomic E-state index is -5.32. The lowest BCUT2D eigenvalue weighted by Crippen LogP contribution is -2.62. The summed E-state index contributed by atoms with van der Waals surface area (Å²) in [5.41, 5.74) is -1.11. The van der Waals surface area contributed by atoms with Crippen LogP contribution in [-0.2, 0) is 28.7 Å². The molecule has 0 aromatic carbocycles. The third kappa shape index (κ3) is 6.17. The summed E-state index contributed by atoms with van der Waals surface area (Å²) in [6.45, 7) is 9.42. The Hall–Kier alpha value is -3.63. The zero-order valence-electron chi connectivity index (χ0n) is 22.1. The van der Waals surface area contributed by atoms with Gasteiger partial charge in [0.05, 0.1) is 12.7 Å². The van der Waals surface area contributed by atoms with Crippen LogP contribution in [0, 0.1) is 34.5 Å². The highest BCUT2D eigenvalue weighted by Gasteiger charge is 2.52. The van der Waals surface area contributed by atoms with Gasteiger partial charge >= 0.3 is 18.1 Å². The van der Waals surface area contributed by atoms with Gasteiger partial charge in [0.15, 0.2) is 0 Å². The Morgan fingerprint density at radius 1 is 1.18 bits per heavy atom. The first-order chi connectivity index (χ1) is 18.0. The number of carbonyl (C=O) groups is 5. The normalized spacial score (nSPS) is 31.9. The van der Waals surface area contributed by atoms with Crippen LogP contribution in [0.15, 0.2) is 12.2 Å². The average Bonchev–Trinajstić information content (AvgIpc) is 3.38. The van der Waals surface area contributed by atoms with E-state index in [4.69, 9.17) is 4.74 Å². The lowest BCUT2D eigenvalue weighted by molar-refractivity contribution is -0.177. The number of nitriles is 1. The van der Waals surface area contributed by atoms with Crippen molar-refractivity contribution in [3.63, 3.8) is 0 Å². The monoisotopic (exact) mass is 555 g/mol. The van der Waals surface area contributed by atoms with Crippen molar-refractivity contribution in [2.45, 2.75) is 70.9 Å². The molecule has 3 saturated heterocycles. The number of hydrogen-bond acceptors (Lipinski definition) is 7. The number of amides is 4. The number of fused-ring (bicyclic) bond motifs is 3. The molecule has 0 aliphatic carbocycles. The predicted octanol–water partition coefficient (Wildman–Crippen LogP) is 0.559. The van der Waals surface area contributed by atoms with E-state index < -0.39 is 83.8 Å². The molecule has 2 bridgehead atoms. The van der Waals surface area contributed by atoms with E-state index in [0.29, 0.717) is 5.57 Å². The second-order valence-electron chi connectivity index (χ2n) is 11.3. The quantitative estimate of drug-likeness (QED) is 0.332. The number of cyclic esters (lactones) is 1. The number of halogens is 3. The predicted molar refractivity (Wildman–Crippen MR) is 128 cm³/mol. The van der Waals surface area contributed by atoms with Gasteiger partial charge in [-0.1, -0.05) is 39.8 Å². The number of ether oxygens (including phenoxy) is 1. The van der Waals surface area contributed by atoms with E-state index in [9.17, 15) is 42.4 Å². The van der Waals surface area contributed by atoms with E-state index in [-0.39, 0.29) is 25.3 Å². The summed E-state index contributed by atoms with van der Waals surface area (Å²) in [4.78, 5) is 65.6. The molecular weight excluding hydrogens is 523 g/mol. The van der Waals surface area contributed by atoms with Crippen LogP contribution in [0.4, 0.5) is 13.2 Å². The van der Waals surface area contributed by atoms with Crippen LogP contribution in [0.25, 0.3) is 0 Å². The maximum absolute atomic E-state index is 13.9. The van der Waals surface area contributed by atoms with E-state index in [0.717, 1.165) is 4.90 Å². The van der Waals surface area contributed by atoms with Gasteiger partial charge in [0.2, 0.25) is 17.7 Å². The van der Waals surface area contributed by atoms with Gasteiger partial charge in [0, 0.05) is 23.8 Å². The Balaban J connectivity index is 2.10. The maximum atomic E-state index is 13.9. The van der Waals surface area contributed by atoms with Crippen molar-refractivity contribution in [2.24, 2.45) is 23.2 Å². The number of carbonyl (C=O) groups excluding carboxylic acids is 5. The van der Waals surface area contributed by atoms with Gasteiger partial charge < -0.3 is 25.6 Å². The largest absolute Gasteiger partial charge is 0.471 e. The zero-order chi connectivity index (χ0) is 29.4. The summed E-state index contributed by atoms with van der Waals surface area (Å²) in [5.74, 6) is -7.16. The van der Waals surface area contributed by atoms with Gasteiger partial charge in [-0.15, -0.1) is 0 Å². The molecule has 0 saturated carbocycles. The summed E-state index contributed by atoms with van der Waals surface area (Å²) in [7, 11) is 0. The van der Waals surface area contributed by atoms with Crippen molar-refractivity contribution in [2.75, 3.05) is 13.2 Å². The SMILES string of the molecule is C=C1CN2C(=O)[C@@H](NC(=O)C(F)(F)F)C(C)(C)COC(=O)[C@@H]3C[C@@H](C[C@@H](C#N)NC(=O)[C@@H]2[C@H]1C(C)C)C(=O)N3. The highest BCUT2D eigenvalue weighted by Crippen LogP contribution is 2.37. The Kier molecular flexibility index (Phi) is 8.33. The number of alkyl halides is 3. The third-order valence-electron chi connectivity index (χ3n) is 7.42. The first-order valence-corrected chi connectivity index (χ1v) is 12.5. The van der Waals surface area contributed by atoms with Crippen LogP contribution in [-0.4, -0.2) is 78.0 Å². The number of rotatable bonds is 2. The Morgan fingerprint density at radius 2 is 1.82 bits per heavy atom. The standard InChI is InChI=1S/C25H32F3N5O6/c1-11(2)16-12(3)9-33-17(16)20(35)30-14(8-29)6-13-7-15(31-19(13)34)22(37)39-10-24(4,5)18(21(33)36)32-23(38)25(26,27)28/h11,13-18H,3,6-7,9-10H2,1-2,4-5H3,(H,30,35)(H,31,34)(H,32,38)/t13-,14+,15+,16+,17+,18-/m1/s1. The smallest absolute Gasteiger partial charge is 0.463 e. The first kappa shape index (κ1) is 29.9. The van der Waals surface area contributed by atoms with E-state index in [2.05, 4.69) is 17.2 Å². The van der Waals surface area contributed by atoms with Crippen molar-refractivity contribution in [3.8, 4) is 6.07 Å². The van der Waals surface area contributed by atoms with Gasteiger partial charge in [-0.05, 0) is 18.8 Å². The lowest BCUT2D eigenvalue weighted by Gasteiger charge is -2.38. The fourth-order valence-electron chi connectivity index (χ4n) is 5.39. The third-order valence-corrected chi connectivity index (χ3v) is 7.42. The van der Waals surface area contributed by atoms with Crippen LogP contribution in [0.1, 0.15) is 40.5 Å². The molecule has 3 aliphatic rings. The van der Waals surface area contributed by atoms with Gasteiger partial charge in [0.25, 0.3) is 0 Å². The first-order valence-electron chi connectivity index (χ1n) is 12.5. The highest BCUT2D eigenvalue weighted by molar-refractivity contribution is 5.95. The van der Waals surface area contributed by atoms with Crippen LogP contribution in [0.2, 0.25) is 0 Å². The Morgan fingerprint density at radius 3 is 2.38 bits per heavy atom. The van der Waals surface area contributed by atoms with Gasteiger partial charge in [0.1, 0.15) is 24.2 Å². The van der Waals surface area contributed by atoms with Crippen molar-refractivity contribution in [1.29, 1.82) is 5.26 Å². The number of hydrogen-bond donors (Lipinski definition) is 3. The zero-order valence-corrected chi connectivity index (χ0v) is 22.1. The Bertz CT molecular complexity index is 1110.